The molecule has 0 aliphatic carbocycles. The number of halogens is 1. The van der Waals surface area contributed by atoms with E-state index < -0.39 is 0 Å². The summed E-state index contributed by atoms with van der Waals surface area (Å²) in [5.41, 5.74) is 6.67. The first-order chi connectivity index (χ1) is 6.15. The van der Waals surface area contributed by atoms with Crippen LogP contribution in [0.1, 0.15) is 12.5 Å². The number of hydrogen-bond acceptors (Lipinski definition) is 2. The van der Waals surface area contributed by atoms with Gasteiger partial charge in [0.2, 0.25) is 0 Å². The number of rotatable bonds is 3. The van der Waals surface area contributed by atoms with Crippen LogP contribution in [-0.4, -0.2) is 12.3 Å². The minimum absolute atomic E-state index is 0.0766. The lowest BCUT2D eigenvalue weighted by Crippen LogP contribution is -2.18. The van der Waals surface area contributed by atoms with Gasteiger partial charge in [-0.3, -0.25) is 0 Å². The summed E-state index contributed by atoms with van der Waals surface area (Å²) >= 11 is 1.43. The summed E-state index contributed by atoms with van der Waals surface area (Å²) in [5.74, 6) is -0.148. The summed E-state index contributed by atoms with van der Waals surface area (Å²) in [6, 6.07) is 5.22. The zero-order valence-electron chi connectivity index (χ0n) is 7.88. The molecule has 0 saturated heterocycles. The first kappa shape index (κ1) is 10.5. The van der Waals surface area contributed by atoms with Crippen LogP contribution in [0.5, 0.6) is 0 Å². The second-order valence-corrected chi connectivity index (χ2v) is 3.93. The van der Waals surface area contributed by atoms with Crippen molar-refractivity contribution in [2.75, 3.05) is 6.26 Å². The Balaban J connectivity index is 2.98. The van der Waals surface area contributed by atoms with Crippen LogP contribution in [0.15, 0.2) is 23.1 Å². The van der Waals surface area contributed by atoms with Gasteiger partial charge >= 0.3 is 0 Å². The van der Waals surface area contributed by atoms with Crippen LogP contribution in [0, 0.1) is 5.82 Å². The second kappa shape index (κ2) is 4.63. The molecule has 0 aromatic heterocycles. The van der Waals surface area contributed by atoms with Gasteiger partial charge in [-0.05, 0) is 31.2 Å². The summed E-state index contributed by atoms with van der Waals surface area (Å²) in [7, 11) is 0. The van der Waals surface area contributed by atoms with E-state index in [1.54, 1.807) is 6.07 Å². The van der Waals surface area contributed by atoms with E-state index in [2.05, 4.69) is 0 Å². The lowest BCUT2D eigenvalue weighted by Gasteiger charge is -2.10. The van der Waals surface area contributed by atoms with Gasteiger partial charge in [-0.1, -0.05) is 12.1 Å². The molecular weight excluding hydrogens is 185 g/mol. The monoisotopic (exact) mass is 199 g/mol. The van der Waals surface area contributed by atoms with Crippen LogP contribution in [0.3, 0.4) is 0 Å². The first-order valence-electron chi connectivity index (χ1n) is 4.22. The standard InChI is InChI=1S/C10H14FNS/c1-7(12)6-8-4-3-5-9(11)10(8)13-2/h3-5,7H,6,12H2,1-2H3. The predicted octanol–water partition coefficient (Wildman–Crippen LogP) is 2.44. The van der Waals surface area contributed by atoms with Crippen LogP contribution in [0.2, 0.25) is 0 Å². The Bertz CT molecular complexity index is 286. The van der Waals surface area contributed by atoms with Gasteiger partial charge in [-0.2, -0.15) is 0 Å². The van der Waals surface area contributed by atoms with Crippen LogP contribution < -0.4 is 5.73 Å². The van der Waals surface area contributed by atoms with Gasteiger partial charge in [0.25, 0.3) is 0 Å². The number of thioether (sulfide) groups is 1. The molecular formula is C10H14FNS. The Labute approximate surface area is 82.5 Å². The Kier molecular flexibility index (Phi) is 3.75. The molecule has 3 heteroatoms. The maximum Gasteiger partial charge on any atom is 0.137 e. The molecule has 1 aromatic carbocycles. The van der Waals surface area contributed by atoms with Crippen LogP contribution >= 0.6 is 11.8 Å². The third-order valence-electron chi connectivity index (χ3n) is 1.79. The Morgan fingerprint density at radius 3 is 2.77 bits per heavy atom. The van der Waals surface area contributed by atoms with Crippen LogP contribution in [0.25, 0.3) is 0 Å². The van der Waals surface area contributed by atoms with Crippen LogP contribution in [0.4, 0.5) is 4.39 Å². The van der Waals surface area contributed by atoms with E-state index in [0.29, 0.717) is 0 Å². The van der Waals surface area contributed by atoms with Crippen molar-refractivity contribution < 1.29 is 4.39 Å². The van der Waals surface area contributed by atoms with Gasteiger partial charge in [0, 0.05) is 10.9 Å². The fourth-order valence-corrected chi connectivity index (χ4v) is 1.97. The molecule has 0 heterocycles. The predicted molar refractivity (Wildman–Crippen MR) is 55.5 cm³/mol. The molecule has 1 atom stereocenters. The molecule has 0 spiro atoms. The Hall–Kier alpha value is -0.540. The molecule has 13 heavy (non-hydrogen) atoms. The highest BCUT2D eigenvalue weighted by atomic mass is 32.2. The summed E-state index contributed by atoms with van der Waals surface area (Å²) in [6.45, 7) is 1.93. The molecule has 1 aromatic rings. The summed E-state index contributed by atoms with van der Waals surface area (Å²) in [5, 5.41) is 0. The molecule has 1 unspecified atom stereocenters. The minimum Gasteiger partial charge on any atom is -0.328 e. The molecule has 0 aliphatic heterocycles. The molecule has 1 rings (SSSR count). The molecule has 72 valence electrons. The highest BCUT2D eigenvalue weighted by Gasteiger charge is 2.08. The third kappa shape index (κ3) is 2.71. The molecule has 0 aliphatic rings. The smallest absolute Gasteiger partial charge is 0.137 e. The van der Waals surface area contributed by atoms with Crippen molar-refractivity contribution in [2.24, 2.45) is 5.73 Å². The molecule has 2 N–H and O–H groups in total. The Morgan fingerprint density at radius 2 is 2.23 bits per heavy atom. The van der Waals surface area contributed by atoms with E-state index in [1.165, 1.54) is 17.8 Å². The number of nitrogens with two attached hydrogens (primary N) is 1. The second-order valence-electron chi connectivity index (χ2n) is 3.11. The van der Waals surface area contributed by atoms with E-state index in [4.69, 9.17) is 5.73 Å². The fourth-order valence-electron chi connectivity index (χ4n) is 1.29. The van der Waals surface area contributed by atoms with Crippen molar-refractivity contribution in [3.8, 4) is 0 Å². The van der Waals surface area contributed by atoms with Crippen molar-refractivity contribution in [2.45, 2.75) is 24.3 Å². The SMILES string of the molecule is CSc1c(F)cccc1CC(C)N. The number of benzene rings is 1. The average Bonchev–Trinajstić information content (AvgIpc) is 2.03. The van der Waals surface area contributed by atoms with Crippen molar-refractivity contribution in [1.29, 1.82) is 0 Å². The van der Waals surface area contributed by atoms with Gasteiger partial charge < -0.3 is 5.73 Å². The summed E-state index contributed by atoms with van der Waals surface area (Å²) in [4.78, 5) is 0.722. The molecule has 0 fully saturated rings. The summed E-state index contributed by atoms with van der Waals surface area (Å²) < 4.78 is 13.2. The zero-order valence-corrected chi connectivity index (χ0v) is 8.70. The Morgan fingerprint density at radius 1 is 1.54 bits per heavy atom. The molecule has 0 saturated carbocycles. The van der Waals surface area contributed by atoms with Gasteiger partial charge in [0.05, 0.1) is 0 Å². The van der Waals surface area contributed by atoms with Gasteiger partial charge in [-0.25, -0.2) is 4.39 Å². The van der Waals surface area contributed by atoms with Crippen molar-refractivity contribution in [3.63, 3.8) is 0 Å². The lowest BCUT2D eigenvalue weighted by atomic mass is 10.1. The van der Waals surface area contributed by atoms with E-state index >= 15 is 0 Å². The maximum absolute atomic E-state index is 13.2. The highest BCUT2D eigenvalue weighted by Crippen LogP contribution is 2.24. The van der Waals surface area contributed by atoms with Crippen molar-refractivity contribution in [1.82, 2.24) is 0 Å². The van der Waals surface area contributed by atoms with E-state index in [1.807, 2.05) is 19.2 Å². The third-order valence-corrected chi connectivity index (χ3v) is 2.66. The van der Waals surface area contributed by atoms with Crippen LogP contribution in [-0.2, 0) is 6.42 Å². The molecule has 0 bridgehead atoms. The average molecular weight is 199 g/mol. The van der Waals surface area contributed by atoms with E-state index in [-0.39, 0.29) is 11.9 Å². The minimum atomic E-state index is -0.148. The zero-order chi connectivity index (χ0) is 9.84. The van der Waals surface area contributed by atoms with Gasteiger partial charge in [0.1, 0.15) is 5.82 Å². The topological polar surface area (TPSA) is 26.0 Å². The van der Waals surface area contributed by atoms with E-state index in [9.17, 15) is 4.39 Å². The van der Waals surface area contributed by atoms with Gasteiger partial charge in [-0.15, -0.1) is 11.8 Å². The van der Waals surface area contributed by atoms with E-state index in [0.717, 1.165) is 16.9 Å². The quantitative estimate of drug-likeness (QED) is 0.757. The first-order valence-corrected chi connectivity index (χ1v) is 5.44. The number of hydrogen-bond donors (Lipinski definition) is 1. The lowest BCUT2D eigenvalue weighted by molar-refractivity contribution is 0.593. The summed E-state index contributed by atoms with van der Waals surface area (Å²) in [6.07, 6.45) is 2.61. The molecule has 0 amide bonds. The van der Waals surface area contributed by atoms with Gasteiger partial charge in [0.15, 0.2) is 0 Å². The van der Waals surface area contributed by atoms with Crippen molar-refractivity contribution >= 4 is 11.8 Å². The fraction of sp³-hybridized carbons (Fsp3) is 0.400. The normalized spacial score (nSPS) is 12.9. The molecule has 1 nitrogen and oxygen atoms in total. The van der Waals surface area contributed by atoms with Crippen molar-refractivity contribution in [3.05, 3.63) is 29.6 Å². The maximum atomic E-state index is 13.2. The largest absolute Gasteiger partial charge is 0.328 e. The highest BCUT2D eigenvalue weighted by molar-refractivity contribution is 7.98. The molecule has 0 radical (unpaired) electrons.